The first-order chi connectivity index (χ1) is 8.58. The minimum atomic E-state index is -0.908. The molecule has 2 rings (SSSR count). The summed E-state index contributed by atoms with van der Waals surface area (Å²) in [6, 6.07) is 0. The van der Waals surface area contributed by atoms with Gasteiger partial charge in [-0.05, 0) is 75.0 Å². The van der Waals surface area contributed by atoms with Gasteiger partial charge < -0.3 is 19.8 Å². The van der Waals surface area contributed by atoms with E-state index in [9.17, 15) is 19.8 Å². The zero-order valence-corrected chi connectivity index (χ0v) is 10.6. The fourth-order valence-electron chi connectivity index (χ4n) is 3.65. The van der Waals surface area contributed by atoms with Gasteiger partial charge in [0.1, 0.15) is 0 Å². The first-order valence-corrected chi connectivity index (χ1v) is 6.99. The Kier molecular flexibility index (Phi) is 4.25. The van der Waals surface area contributed by atoms with E-state index < -0.39 is 11.9 Å². The smallest absolute Gasteiger partial charge is 0.0445 e. The maximum atomic E-state index is 10.8. The molecule has 0 aromatic heterocycles. The fourth-order valence-corrected chi connectivity index (χ4v) is 3.65. The highest BCUT2D eigenvalue weighted by atomic mass is 16.4. The summed E-state index contributed by atoms with van der Waals surface area (Å²) in [4.78, 5) is 21.5. The van der Waals surface area contributed by atoms with Crippen LogP contribution in [0.4, 0.5) is 0 Å². The third-order valence-electron chi connectivity index (χ3n) is 4.88. The highest BCUT2D eigenvalue weighted by molar-refractivity contribution is 5.68. The van der Waals surface area contributed by atoms with Crippen molar-refractivity contribution in [2.75, 3.05) is 0 Å². The molecule has 4 nitrogen and oxygen atoms in total. The van der Waals surface area contributed by atoms with Gasteiger partial charge in [0.2, 0.25) is 0 Å². The van der Waals surface area contributed by atoms with Crippen LogP contribution < -0.4 is 10.2 Å². The highest BCUT2D eigenvalue weighted by Gasteiger charge is 2.31. The lowest BCUT2D eigenvalue weighted by molar-refractivity contribution is -0.314. The Morgan fingerprint density at radius 1 is 0.611 bits per heavy atom. The average molecular weight is 252 g/mol. The third kappa shape index (κ3) is 3.03. The van der Waals surface area contributed by atoms with E-state index >= 15 is 0 Å². The zero-order chi connectivity index (χ0) is 13.1. The van der Waals surface area contributed by atoms with Crippen molar-refractivity contribution >= 4 is 11.9 Å². The van der Waals surface area contributed by atoms with Crippen LogP contribution in [0.1, 0.15) is 51.4 Å². The molecule has 0 aliphatic heterocycles. The van der Waals surface area contributed by atoms with E-state index in [1.807, 2.05) is 0 Å². The third-order valence-corrected chi connectivity index (χ3v) is 4.88. The van der Waals surface area contributed by atoms with Gasteiger partial charge in [-0.1, -0.05) is 0 Å². The zero-order valence-electron chi connectivity index (χ0n) is 10.6. The van der Waals surface area contributed by atoms with Gasteiger partial charge in [-0.25, -0.2) is 0 Å². The summed E-state index contributed by atoms with van der Waals surface area (Å²) in [7, 11) is 0. The topological polar surface area (TPSA) is 80.3 Å². The molecule has 2 fully saturated rings. The van der Waals surface area contributed by atoms with Crippen molar-refractivity contribution in [3.63, 3.8) is 0 Å². The number of hydrogen-bond acceptors (Lipinski definition) is 4. The summed E-state index contributed by atoms with van der Waals surface area (Å²) in [5, 5.41) is 21.5. The van der Waals surface area contributed by atoms with Gasteiger partial charge in [-0.3, -0.25) is 0 Å². The maximum Gasteiger partial charge on any atom is 0.0445 e. The van der Waals surface area contributed by atoms with Crippen molar-refractivity contribution in [2.24, 2.45) is 23.7 Å². The van der Waals surface area contributed by atoms with Gasteiger partial charge in [0.25, 0.3) is 0 Å². The lowest BCUT2D eigenvalue weighted by Crippen LogP contribution is -2.37. The summed E-state index contributed by atoms with van der Waals surface area (Å²) in [6.07, 6.45) is 6.75. The van der Waals surface area contributed by atoms with Crippen molar-refractivity contribution in [1.29, 1.82) is 0 Å². The minimum absolute atomic E-state index is 0.263. The molecule has 0 spiro atoms. The van der Waals surface area contributed by atoms with Crippen molar-refractivity contribution < 1.29 is 19.8 Å². The van der Waals surface area contributed by atoms with Crippen LogP contribution in [-0.2, 0) is 9.59 Å². The molecule has 0 bridgehead atoms. The SMILES string of the molecule is O=C([O-])C1CCC(C2CCC(C(=O)[O-])CC2)CC1. The normalized spacial score (nSPS) is 37.1. The van der Waals surface area contributed by atoms with Gasteiger partial charge >= 0.3 is 0 Å². The number of carboxylic acids is 2. The molecule has 102 valence electrons. The Labute approximate surface area is 107 Å². The highest BCUT2D eigenvalue weighted by Crippen LogP contribution is 2.41. The summed E-state index contributed by atoms with van der Waals surface area (Å²) < 4.78 is 0. The molecule has 2 aliphatic carbocycles. The van der Waals surface area contributed by atoms with Crippen molar-refractivity contribution in [3.8, 4) is 0 Å². The standard InChI is InChI=1S/C14H22O4/c15-13(16)11-5-1-9(2-6-11)10-3-7-12(8-4-10)14(17)18/h9-12H,1-8H2,(H,15,16)(H,17,18)/p-2. The van der Waals surface area contributed by atoms with Crippen LogP contribution >= 0.6 is 0 Å². The van der Waals surface area contributed by atoms with Crippen molar-refractivity contribution in [3.05, 3.63) is 0 Å². The van der Waals surface area contributed by atoms with Crippen LogP contribution in [0.15, 0.2) is 0 Å². The molecular weight excluding hydrogens is 232 g/mol. The van der Waals surface area contributed by atoms with Gasteiger partial charge in [-0.15, -0.1) is 0 Å². The molecule has 0 radical (unpaired) electrons. The lowest BCUT2D eigenvalue weighted by atomic mass is 9.69. The van der Waals surface area contributed by atoms with Gasteiger partial charge in [0, 0.05) is 11.9 Å². The summed E-state index contributed by atoms with van der Waals surface area (Å²) >= 11 is 0. The molecule has 4 heteroatoms. The van der Waals surface area contributed by atoms with E-state index in [1.165, 1.54) is 0 Å². The van der Waals surface area contributed by atoms with E-state index in [1.54, 1.807) is 0 Å². The molecule has 0 aromatic carbocycles. The Morgan fingerprint density at radius 2 is 0.889 bits per heavy atom. The monoisotopic (exact) mass is 252 g/mol. The van der Waals surface area contributed by atoms with Gasteiger partial charge in [-0.2, -0.15) is 0 Å². The Hall–Kier alpha value is -1.06. The lowest BCUT2D eigenvalue weighted by Gasteiger charge is -2.38. The summed E-state index contributed by atoms with van der Waals surface area (Å²) in [6.45, 7) is 0. The molecule has 0 atom stereocenters. The van der Waals surface area contributed by atoms with Crippen LogP contribution in [0.5, 0.6) is 0 Å². The van der Waals surface area contributed by atoms with E-state index in [-0.39, 0.29) is 11.8 Å². The second-order valence-electron chi connectivity index (χ2n) is 5.86. The molecule has 0 N–H and O–H groups in total. The van der Waals surface area contributed by atoms with E-state index in [0.717, 1.165) is 51.4 Å². The van der Waals surface area contributed by atoms with Crippen LogP contribution in [0.25, 0.3) is 0 Å². The largest absolute Gasteiger partial charge is 0.550 e. The Balaban J connectivity index is 1.78. The van der Waals surface area contributed by atoms with Crippen molar-refractivity contribution in [2.45, 2.75) is 51.4 Å². The minimum Gasteiger partial charge on any atom is -0.550 e. The number of hydrogen-bond donors (Lipinski definition) is 0. The maximum absolute atomic E-state index is 10.8. The second kappa shape index (κ2) is 5.72. The van der Waals surface area contributed by atoms with E-state index in [4.69, 9.17) is 0 Å². The number of carboxylic acid groups (broad SMARTS) is 2. The summed E-state index contributed by atoms with van der Waals surface area (Å²) in [5.74, 6) is -1.17. The molecule has 0 heterocycles. The molecule has 0 aromatic rings. The predicted molar refractivity (Wildman–Crippen MR) is 60.9 cm³/mol. The number of carbonyl (C=O) groups is 2. The number of rotatable bonds is 3. The first-order valence-electron chi connectivity index (χ1n) is 6.99. The summed E-state index contributed by atoms with van der Waals surface area (Å²) in [5.41, 5.74) is 0. The van der Waals surface area contributed by atoms with Crippen molar-refractivity contribution in [1.82, 2.24) is 0 Å². The van der Waals surface area contributed by atoms with Gasteiger partial charge in [0.15, 0.2) is 0 Å². The van der Waals surface area contributed by atoms with E-state index in [2.05, 4.69) is 0 Å². The van der Waals surface area contributed by atoms with Crippen LogP contribution in [-0.4, -0.2) is 11.9 Å². The first kappa shape index (κ1) is 13.4. The number of carbonyl (C=O) groups excluding carboxylic acids is 2. The number of aliphatic carboxylic acids is 2. The molecular formula is C14H20O4-2. The molecule has 0 saturated heterocycles. The van der Waals surface area contributed by atoms with Crippen LogP contribution in [0, 0.1) is 23.7 Å². The molecule has 18 heavy (non-hydrogen) atoms. The molecule has 0 amide bonds. The van der Waals surface area contributed by atoms with Crippen LogP contribution in [0.2, 0.25) is 0 Å². The molecule has 2 aliphatic rings. The molecule has 2 saturated carbocycles. The predicted octanol–water partition coefficient (Wildman–Crippen LogP) is 0.0990. The average Bonchev–Trinajstić information content (AvgIpc) is 2.39. The van der Waals surface area contributed by atoms with Crippen LogP contribution in [0.3, 0.4) is 0 Å². The Bertz CT molecular complexity index is 278. The Morgan fingerprint density at radius 3 is 1.11 bits per heavy atom. The van der Waals surface area contributed by atoms with Gasteiger partial charge in [0.05, 0.1) is 0 Å². The van der Waals surface area contributed by atoms with E-state index in [0.29, 0.717) is 11.8 Å². The fraction of sp³-hybridized carbons (Fsp3) is 0.857. The second-order valence-corrected chi connectivity index (χ2v) is 5.86. The molecule has 0 unspecified atom stereocenters. The quantitative estimate of drug-likeness (QED) is 0.713.